The van der Waals surface area contributed by atoms with Gasteiger partial charge in [-0.25, -0.2) is 13.6 Å². The number of benzene rings is 1. The van der Waals surface area contributed by atoms with Crippen molar-refractivity contribution in [2.45, 2.75) is 31.6 Å². The molecule has 0 fully saturated rings. The SMILES string of the molecule is CC(C)(CC(=O)[O-])CC(=O)Nc1ccc(S(N)(=O)=O)cc1. The van der Waals surface area contributed by atoms with E-state index in [2.05, 4.69) is 5.32 Å². The van der Waals surface area contributed by atoms with Crippen LogP contribution in [0, 0.1) is 5.41 Å². The molecule has 1 aromatic rings. The van der Waals surface area contributed by atoms with Crippen LogP contribution in [0.15, 0.2) is 29.2 Å². The molecule has 0 bridgehead atoms. The van der Waals surface area contributed by atoms with E-state index in [4.69, 9.17) is 5.14 Å². The zero-order valence-corrected chi connectivity index (χ0v) is 12.6. The van der Waals surface area contributed by atoms with Crippen molar-refractivity contribution in [2.24, 2.45) is 10.6 Å². The Kier molecular flexibility index (Phi) is 5.08. The number of nitrogens with two attached hydrogens (primary N) is 1. The Bertz CT molecular complexity index is 635. The Morgan fingerprint density at radius 2 is 1.71 bits per heavy atom. The van der Waals surface area contributed by atoms with E-state index in [1.54, 1.807) is 13.8 Å². The van der Waals surface area contributed by atoms with E-state index in [1.807, 2.05) is 0 Å². The van der Waals surface area contributed by atoms with E-state index in [-0.39, 0.29) is 23.6 Å². The zero-order valence-electron chi connectivity index (χ0n) is 11.8. The number of hydrogen-bond donors (Lipinski definition) is 2. The van der Waals surface area contributed by atoms with Crippen molar-refractivity contribution in [1.29, 1.82) is 0 Å². The van der Waals surface area contributed by atoms with Crippen molar-refractivity contribution in [3.63, 3.8) is 0 Å². The smallest absolute Gasteiger partial charge is 0.238 e. The average Bonchev–Trinajstić information content (AvgIpc) is 2.25. The first-order chi connectivity index (χ1) is 9.49. The summed E-state index contributed by atoms with van der Waals surface area (Å²) in [6.45, 7) is 3.29. The van der Waals surface area contributed by atoms with Crippen LogP contribution in [-0.2, 0) is 19.6 Å². The lowest BCUT2D eigenvalue weighted by molar-refractivity contribution is -0.307. The van der Waals surface area contributed by atoms with Gasteiger partial charge in [0.15, 0.2) is 0 Å². The predicted molar refractivity (Wildman–Crippen MR) is 74.5 cm³/mol. The van der Waals surface area contributed by atoms with Crippen molar-refractivity contribution in [3.8, 4) is 0 Å². The van der Waals surface area contributed by atoms with Gasteiger partial charge in [-0.05, 0) is 36.1 Å². The number of sulfonamides is 1. The molecule has 0 aliphatic rings. The zero-order chi connectivity index (χ0) is 16.3. The molecular weight excluding hydrogens is 296 g/mol. The van der Waals surface area contributed by atoms with Gasteiger partial charge >= 0.3 is 0 Å². The summed E-state index contributed by atoms with van der Waals surface area (Å²) in [6.07, 6.45) is -0.233. The van der Waals surface area contributed by atoms with Crippen LogP contribution in [0.4, 0.5) is 5.69 Å². The topological polar surface area (TPSA) is 129 Å². The Labute approximate surface area is 123 Å². The molecule has 0 unspecified atom stereocenters. The summed E-state index contributed by atoms with van der Waals surface area (Å²) < 4.78 is 22.2. The van der Waals surface area contributed by atoms with Gasteiger partial charge in [0.05, 0.1) is 4.90 Å². The maximum Gasteiger partial charge on any atom is 0.238 e. The summed E-state index contributed by atoms with van der Waals surface area (Å²) in [5.41, 5.74) is -0.333. The Hall–Kier alpha value is -1.93. The van der Waals surface area contributed by atoms with Crippen LogP contribution in [0.1, 0.15) is 26.7 Å². The normalized spacial score (nSPS) is 12.0. The van der Waals surface area contributed by atoms with Crippen molar-refractivity contribution < 1.29 is 23.1 Å². The molecule has 21 heavy (non-hydrogen) atoms. The Morgan fingerprint density at radius 1 is 1.19 bits per heavy atom. The molecule has 1 amide bonds. The number of carbonyl (C=O) groups is 2. The molecule has 0 aliphatic heterocycles. The number of primary sulfonamides is 1. The Balaban J connectivity index is 2.69. The lowest BCUT2D eigenvalue weighted by Crippen LogP contribution is -2.31. The number of nitrogens with one attached hydrogen (secondary N) is 1. The highest BCUT2D eigenvalue weighted by Gasteiger charge is 2.22. The fraction of sp³-hybridized carbons (Fsp3) is 0.385. The van der Waals surface area contributed by atoms with Crippen LogP contribution in [-0.4, -0.2) is 20.3 Å². The Morgan fingerprint density at radius 3 is 2.14 bits per heavy atom. The number of carboxylic acids is 1. The summed E-state index contributed by atoms with van der Waals surface area (Å²) in [5.74, 6) is -1.59. The molecule has 116 valence electrons. The van der Waals surface area contributed by atoms with Crippen LogP contribution in [0.2, 0.25) is 0 Å². The monoisotopic (exact) mass is 313 g/mol. The number of anilines is 1. The van der Waals surface area contributed by atoms with Crippen molar-refractivity contribution >= 4 is 27.6 Å². The first kappa shape index (κ1) is 17.1. The first-order valence-corrected chi connectivity index (χ1v) is 7.67. The largest absolute Gasteiger partial charge is 0.550 e. The third-order valence-corrected chi connectivity index (χ3v) is 3.66. The minimum atomic E-state index is -3.78. The highest BCUT2D eigenvalue weighted by atomic mass is 32.2. The molecule has 0 aliphatic carbocycles. The minimum Gasteiger partial charge on any atom is -0.550 e. The fourth-order valence-electron chi connectivity index (χ4n) is 1.82. The van der Waals surface area contributed by atoms with Crippen LogP contribution in [0.3, 0.4) is 0 Å². The van der Waals surface area contributed by atoms with Gasteiger partial charge in [0.25, 0.3) is 0 Å². The molecule has 0 spiro atoms. The van der Waals surface area contributed by atoms with E-state index in [0.717, 1.165) is 0 Å². The summed E-state index contributed by atoms with van der Waals surface area (Å²) in [5, 5.41) is 18.1. The second-order valence-corrected chi connectivity index (χ2v) is 7.07. The van der Waals surface area contributed by atoms with Gasteiger partial charge in [-0.3, -0.25) is 4.79 Å². The van der Waals surface area contributed by atoms with Gasteiger partial charge in [0, 0.05) is 18.1 Å². The molecule has 0 heterocycles. The molecule has 0 saturated heterocycles. The quantitative estimate of drug-likeness (QED) is 0.753. The first-order valence-electron chi connectivity index (χ1n) is 6.12. The maximum atomic E-state index is 11.8. The van der Waals surface area contributed by atoms with E-state index in [0.29, 0.717) is 5.69 Å². The van der Waals surface area contributed by atoms with Gasteiger partial charge in [0.1, 0.15) is 0 Å². The molecule has 1 rings (SSSR count). The minimum absolute atomic E-state index is 0.00206. The molecule has 3 N–H and O–H groups in total. The van der Waals surface area contributed by atoms with Crippen LogP contribution < -0.4 is 15.6 Å². The van der Waals surface area contributed by atoms with E-state index < -0.39 is 21.4 Å². The van der Waals surface area contributed by atoms with Gasteiger partial charge in [-0.1, -0.05) is 13.8 Å². The van der Waals surface area contributed by atoms with Gasteiger partial charge in [-0.2, -0.15) is 0 Å². The number of amides is 1. The molecule has 1 aromatic carbocycles. The lowest BCUT2D eigenvalue weighted by atomic mass is 9.85. The summed E-state index contributed by atoms with van der Waals surface area (Å²) >= 11 is 0. The van der Waals surface area contributed by atoms with Crippen LogP contribution in [0.5, 0.6) is 0 Å². The van der Waals surface area contributed by atoms with Crippen molar-refractivity contribution in [1.82, 2.24) is 0 Å². The van der Waals surface area contributed by atoms with Crippen molar-refractivity contribution in [3.05, 3.63) is 24.3 Å². The second kappa shape index (κ2) is 6.23. The maximum absolute atomic E-state index is 11.8. The third kappa shape index (κ3) is 5.92. The summed E-state index contributed by atoms with van der Waals surface area (Å²) in [6, 6.07) is 5.36. The molecule has 0 atom stereocenters. The average molecular weight is 313 g/mol. The molecule has 8 heteroatoms. The molecule has 0 aromatic heterocycles. The highest BCUT2D eigenvalue weighted by Crippen LogP contribution is 2.25. The van der Waals surface area contributed by atoms with Gasteiger partial charge < -0.3 is 15.2 Å². The van der Waals surface area contributed by atoms with Crippen LogP contribution >= 0.6 is 0 Å². The number of rotatable bonds is 6. The predicted octanol–water partition coefficient (Wildman–Crippen LogP) is -0.171. The standard InChI is InChI=1S/C13H18N2O5S/c1-13(2,8-12(17)18)7-11(16)15-9-3-5-10(6-4-9)21(14,19)20/h3-6H,7-8H2,1-2H3,(H,15,16)(H,17,18)(H2,14,19,20)/p-1. The number of carbonyl (C=O) groups excluding carboxylic acids is 2. The fourth-order valence-corrected chi connectivity index (χ4v) is 2.34. The number of aliphatic carboxylic acids is 1. The van der Waals surface area contributed by atoms with E-state index >= 15 is 0 Å². The lowest BCUT2D eigenvalue weighted by Gasteiger charge is -2.24. The van der Waals surface area contributed by atoms with Crippen molar-refractivity contribution in [2.75, 3.05) is 5.32 Å². The summed E-state index contributed by atoms with van der Waals surface area (Å²) in [4.78, 5) is 22.3. The molecular formula is C13H17N2O5S-. The van der Waals surface area contributed by atoms with E-state index in [1.165, 1.54) is 24.3 Å². The number of hydrogen-bond acceptors (Lipinski definition) is 5. The van der Waals surface area contributed by atoms with Gasteiger partial charge in [0.2, 0.25) is 15.9 Å². The second-order valence-electron chi connectivity index (χ2n) is 5.51. The number of carboxylic acid groups (broad SMARTS) is 1. The van der Waals surface area contributed by atoms with E-state index in [9.17, 15) is 23.1 Å². The van der Waals surface area contributed by atoms with Crippen LogP contribution in [0.25, 0.3) is 0 Å². The highest BCUT2D eigenvalue weighted by molar-refractivity contribution is 7.89. The third-order valence-electron chi connectivity index (χ3n) is 2.73. The molecule has 0 radical (unpaired) electrons. The summed E-state index contributed by atoms with van der Waals surface area (Å²) in [7, 11) is -3.78. The molecule has 7 nitrogen and oxygen atoms in total. The molecule has 0 saturated carbocycles. The van der Waals surface area contributed by atoms with Gasteiger partial charge in [-0.15, -0.1) is 0 Å².